The van der Waals surface area contributed by atoms with Gasteiger partial charge in [0.25, 0.3) is 15.9 Å². The molecule has 0 aliphatic carbocycles. The van der Waals surface area contributed by atoms with E-state index in [0.29, 0.717) is 17.9 Å². The number of ether oxygens (including phenoxy) is 1. The van der Waals surface area contributed by atoms with Gasteiger partial charge in [-0.1, -0.05) is 12.1 Å². The number of nitrogens with one attached hydrogen (secondary N) is 2. The van der Waals surface area contributed by atoms with Crippen LogP contribution < -0.4 is 14.8 Å². The number of rotatable bonds is 7. The van der Waals surface area contributed by atoms with E-state index in [2.05, 4.69) is 10.0 Å². The summed E-state index contributed by atoms with van der Waals surface area (Å²) in [5, 5.41) is 2.77. The van der Waals surface area contributed by atoms with Crippen LogP contribution in [0.25, 0.3) is 0 Å². The van der Waals surface area contributed by atoms with Gasteiger partial charge in [0.15, 0.2) is 0 Å². The van der Waals surface area contributed by atoms with Crippen molar-refractivity contribution in [3.05, 3.63) is 89.7 Å². The summed E-state index contributed by atoms with van der Waals surface area (Å²) in [6.07, 6.45) is 0. The largest absolute Gasteiger partial charge is 0.497 e. The first-order chi connectivity index (χ1) is 13.9. The predicted molar refractivity (Wildman–Crippen MR) is 108 cm³/mol. The van der Waals surface area contributed by atoms with Crippen molar-refractivity contribution in [2.24, 2.45) is 0 Å². The van der Waals surface area contributed by atoms with E-state index in [1.54, 1.807) is 7.11 Å². The minimum atomic E-state index is -3.85. The summed E-state index contributed by atoms with van der Waals surface area (Å²) < 4.78 is 45.3. The molecule has 0 unspecified atom stereocenters. The number of hydrogen-bond acceptors (Lipinski definition) is 4. The molecule has 0 radical (unpaired) electrons. The molecule has 0 saturated heterocycles. The second-order valence-electron chi connectivity index (χ2n) is 6.17. The van der Waals surface area contributed by atoms with Crippen molar-refractivity contribution in [2.45, 2.75) is 11.4 Å². The van der Waals surface area contributed by atoms with Gasteiger partial charge in [0.1, 0.15) is 11.6 Å². The third-order valence-electron chi connectivity index (χ3n) is 4.11. The number of benzene rings is 3. The second-order valence-corrected chi connectivity index (χ2v) is 7.85. The van der Waals surface area contributed by atoms with Crippen LogP contribution in [0.5, 0.6) is 5.75 Å². The van der Waals surface area contributed by atoms with Crippen LogP contribution in [0.4, 0.5) is 10.1 Å². The summed E-state index contributed by atoms with van der Waals surface area (Å²) in [5.74, 6) is -0.0968. The summed E-state index contributed by atoms with van der Waals surface area (Å²) >= 11 is 0. The molecule has 3 aromatic carbocycles. The molecule has 3 rings (SSSR count). The average Bonchev–Trinajstić information content (AvgIpc) is 2.74. The molecule has 1 amide bonds. The van der Waals surface area contributed by atoms with Gasteiger partial charge in [-0.25, -0.2) is 12.8 Å². The molecule has 0 saturated carbocycles. The Bertz CT molecular complexity index is 1100. The van der Waals surface area contributed by atoms with Crippen LogP contribution in [0.1, 0.15) is 15.9 Å². The van der Waals surface area contributed by atoms with E-state index in [-0.39, 0.29) is 16.5 Å². The number of amides is 1. The van der Waals surface area contributed by atoms with E-state index in [9.17, 15) is 17.6 Å². The van der Waals surface area contributed by atoms with Crippen LogP contribution in [0.15, 0.2) is 77.7 Å². The highest BCUT2D eigenvalue weighted by Crippen LogP contribution is 2.17. The molecule has 0 spiro atoms. The monoisotopic (exact) mass is 414 g/mol. The lowest BCUT2D eigenvalue weighted by atomic mass is 10.2. The molecule has 3 aromatic rings. The van der Waals surface area contributed by atoms with Crippen molar-refractivity contribution in [3.8, 4) is 5.75 Å². The van der Waals surface area contributed by atoms with E-state index < -0.39 is 15.8 Å². The van der Waals surface area contributed by atoms with Crippen LogP contribution in [0, 0.1) is 5.82 Å². The highest BCUT2D eigenvalue weighted by Gasteiger charge is 2.15. The summed E-state index contributed by atoms with van der Waals surface area (Å²) in [6, 6.07) is 17.8. The van der Waals surface area contributed by atoms with Crippen LogP contribution >= 0.6 is 0 Å². The van der Waals surface area contributed by atoms with Crippen molar-refractivity contribution >= 4 is 21.6 Å². The first-order valence-electron chi connectivity index (χ1n) is 8.67. The van der Waals surface area contributed by atoms with Gasteiger partial charge in [-0.15, -0.1) is 0 Å². The highest BCUT2D eigenvalue weighted by atomic mass is 32.2. The van der Waals surface area contributed by atoms with Gasteiger partial charge in [-0.3, -0.25) is 9.52 Å². The zero-order chi connectivity index (χ0) is 20.9. The maximum absolute atomic E-state index is 13.0. The molecular weight excluding hydrogens is 395 g/mol. The molecule has 0 heterocycles. The van der Waals surface area contributed by atoms with E-state index in [4.69, 9.17) is 4.74 Å². The van der Waals surface area contributed by atoms with Crippen LogP contribution in [0.3, 0.4) is 0 Å². The van der Waals surface area contributed by atoms with E-state index in [1.165, 1.54) is 36.4 Å². The molecule has 0 atom stereocenters. The van der Waals surface area contributed by atoms with Crippen molar-refractivity contribution in [2.75, 3.05) is 11.8 Å². The molecular formula is C21H19FN2O4S. The lowest BCUT2D eigenvalue weighted by Gasteiger charge is -2.10. The highest BCUT2D eigenvalue weighted by molar-refractivity contribution is 7.92. The Morgan fingerprint density at radius 2 is 1.69 bits per heavy atom. The Morgan fingerprint density at radius 3 is 2.34 bits per heavy atom. The van der Waals surface area contributed by atoms with Crippen molar-refractivity contribution in [3.63, 3.8) is 0 Å². The molecule has 0 bridgehead atoms. The fraction of sp³-hybridized carbons (Fsp3) is 0.0952. The smallest absolute Gasteiger partial charge is 0.261 e. The summed E-state index contributed by atoms with van der Waals surface area (Å²) in [6.45, 7) is 0.308. The number of anilines is 1. The minimum Gasteiger partial charge on any atom is -0.497 e. The normalized spacial score (nSPS) is 11.0. The van der Waals surface area contributed by atoms with Gasteiger partial charge in [0.05, 0.1) is 12.0 Å². The molecule has 8 heteroatoms. The molecule has 0 fully saturated rings. The molecule has 0 aliphatic heterocycles. The quantitative estimate of drug-likeness (QED) is 0.619. The van der Waals surface area contributed by atoms with Crippen molar-refractivity contribution in [1.82, 2.24) is 5.32 Å². The molecule has 29 heavy (non-hydrogen) atoms. The second kappa shape index (κ2) is 8.74. The standard InChI is InChI=1S/C21H19FN2O4S/c1-28-19-4-2-3-15(13-19)14-23-21(25)16-5-11-20(12-6-16)29(26,27)24-18-9-7-17(22)8-10-18/h2-13,24H,14H2,1H3,(H,23,25). The molecule has 0 aliphatic rings. The third-order valence-corrected chi connectivity index (χ3v) is 5.51. The third kappa shape index (κ3) is 5.32. The SMILES string of the molecule is COc1cccc(CNC(=O)c2ccc(S(=O)(=O)Nc3ccc(F)cc3)cc2)c1. The number of sulfonamides is 1. The van der Waals surface area contributed by atoms with Crippen molar-refractivity contribution in [1.29, 1.82) is 0 Å². The van der Waals surface area contributed by atoms with Gasteiger partial charge in [-0.05, 0) is 66.2 Å². The maximum Gasteiger partial charge on any atom is 0.261 e. The number of carbonyl (C=O) groups excluding carboxylic acids is 1. The summed E-state index contributed by atoms with van der Waals surface area (Å²) in [7, 11) is -2.28. The zero-order valence-corrected chi connectivity index (χ0v) is 16.4. The number of methoxy groups -OCH3 is 1. The number of carbonyl (C=O) groups is 1. The van der Waals surface area contributed by atoms with E-state index >= 15 is 0 Å². The minimum absolute atomic E-state index is 0.00818. The average molecular weight is 414 g/mol. The maximum atomic E-state index is 13.0. The Kier molecular flexibility index (Phi) is 6.13. The van der Waals surface area contributed by atoms with Gasteiger partial charge >= 0.3 is 0 Å². The fourth-order valence-corrected chi connectivity index (χ4v) is 3.64. The van der Waals surface area contributed by atoms with E-state index in [0.717, 1.165) is 17.7 Å². The topological polar surface area (TPSA) is 84.5 Å². The summed E-state index contributed by atoms with van der Waals surface area (Å²) in [4.78, 5) is 12.3. The predicted octanol–water partition coefficient (Wildman–Crippen LogP) is 3.57. The first-order valence-corrected chi connectivity index (χ1v) is 10.2. The molecule has 2 N–H and O–H groups in total. The molecule has 6 nitrogen and oxygen atoms in total. The number of hydrogen-bond donors (Lipinski definition) is 2. The lowest BCUT2D eigenvalue weighted by molar-refractivity contribution is 0.0950. The van der Waals surface area contributed by atoms with Gasteiger partial charge in [-0.2, -0.15) is 0 Å². The van der Waals surface area contributed by atoms with Crippen LogP contribution in [-0.2, 0) is 16.6 Å². The Hall–Kier alpha value is -3.39. The Labute approximate surface area is 168 Å². The van der Waals surface area contributed by atoms with Crippen molar-refractivity contribution < 1.29 is 22.3 Å². The van der Waals surface area contributed by atoms with Crippen LogP contribution in [0.2, 0.25) is 0 Å². The first kappa shape index (κ1) is 20.3. The zero-order valence-electron chi connectivity index (χ0n) is 15.6. The van der Waals surface area contributed by atoms with E-state index in [1.807, 2.05) is 24.3 Å². The van der Waals surface area contributed by atoms with Gasteiger partial charge < -0.3 is 10.1 Å². The fourth-order valence-electron chi connectivity index (χ4n) is 2.58. The summed E-state index contributed by atoms with van der Waals surface area (Å²) in [5.41, 5.74) is 1.44. The Morgan fingerprint density at radius 1 is 1.00 bits per heavy atom. The Balaban J connectivity index is 1.65. The van der Waals surface area contributed by atoms with Crippen LogP contribution in [-0.4, -0.2) is 21.4 Å². The van der Waals surface area contributed by atoms with Gasteiger partial charge in [0.2, 0.25) is 0 Å². The molecule has 150 valence electrons. The molecule has 0 aromatic heterocycles. The lowest BCUT2D eigenvalue weighted by Crippen LogP contribution is -2.23. The van der Waals surface area contributed by atoms with Gasteiger partial charge in [0, 0.05) is 17.8 Å². The number of halogens is 1.